The molecule has 2 aliphatic rings. The standard InChI is InChI=1S/C23H19BrN6O5/c1-27-19-16(20(31)28(2)22(27)33)23(17(30(34)35)18(25)26-19)14-10-13(24)8-9-15(14)29(21(23)32)11-12-6-4-3-5-7-12/h3-10,26H,11,25H2,1-2H3/t23-/m0/s1. The molecular formula is C23H19BrN6O5. The van der Waals surface area contributed by atoms with Crippen LogP contribution in [0.25, 0.3) is 0 Å². The molecule has 35 heavy (non-hydrogen) atoms. The van der Waals surface area contributed by atoms with Crippen LogP contribution in [-0.2, 0) is 30.8 Å². The topological polar surface area (TPSA) is 146 Å². The van der Waals surface area contributed by atoms with E-state index in [1.54, 1.807) is 18.2 Å². The first-order valence-corrected chi connectivity index (χ1v) is 11.3. The monoisotopic (exact) mass is 538 g/mol. The number of amides is 1. The van der Waals surface area contributed by atoms with Crippen LogP contribution in [0.3, 0.4) is 0 Å². The Hall–Kier alpha value is -4.19. The molecular weight excluding hydrogens is 520 g/mol. The van der Waals surface area contributed by atoms with E-state index in [4.69, 9.17) is 5.73 Å². The summed E-state index contributed by atoms with van der Waals surface area (Å²) < 4.78 is 2.49. The number of benzene rings is 2. The molecule has 3 N–H and O–H groups in total. The maximum Gasteiger partial charge on any atom is 0.332 e. The van der Waals surface area contributed by atoms with Crippen molar-refractivity contribution < 1.29 is 9.72 Å². The number of nitro groups is 1. The molecule has 1 spiro atoms. The van der Waals surface area contributed by atoms with E-state index in [0.717, 1.165) is 14.7 Å². The number of anilines is 2. The Morgan fingerprint density at radius 1 is 1.09 bits per heavy atom. The molecule has 3 aromatic rings. The van der Waals surface area contributed by atoms with Crippen LogP contribution in [-0.4, -0.2) is 20.0 Å². The number of carbonyl (C=O) groups is 1. The number of fused-ring (bicyclic) bond motifs is 4. The van der Waals surface area contributed by atoms with E-state index in [2.05, 4.69) is 21.2 Å². The number of aromatic nitrogens is 2. The van der Waals surface area contributed by atoms with Crippen molar-refractivity contribution in [2.24, 2.45) is 19.8 Å². The molecule has 3 heterocycles. The van der Waals surface area contributed by atoms with Gasteiger partial charge in [-0.3, -0.25) is 28.8 Å². The van der Waals surface area contributed by atoms with Gasteiger partial charge < -0.3 is 16.0 Å². The summed E-state index contributed by atoms with van der Waals surface area (Å²) >= 11 is 3.39. The highest BCUT2D eigenvalue weighted by atomic mass is 79.9. The third-order valence-electron chi connectivity index (χ3n) is 6.49. The van der Waals surface area contributed by atoms with Crippen LogP contribution < -0.4 is 27.2 Å². The van der Waals surface area contributed by atoms with Crippen LogP contribution in [0.15, 0.2) is 74.1 Å². The molecule has 2 aromatic carbocycles. The lowest BCUT2D eigenvalue weighted by Gasteiger charge is -2.33. The van der Waals surface area contributed by atoms with Gasteiger partial charge in [0.15, 0.2) is 5.82 Å². The molecule has 12 heteroatoms. The molecule has 2 aliphatic heterocycles. The van der Waals surface area contributed by atoms with Gasteiger partial charge in [-0.25, -0.2) is 4.79 Å². The lowest BCUT2D eigenvalue weighted by atomic mass is 9.71. The van der Waals surface area contributed by atoms with E-state index in [0.29, 0.717) is 10.2 Å². The molecule has 1 aromatic heterocycles. The van der Waals surface area contributed by atoms with E-state index in [1.165, 1.54) is 19.0 Å². The molecule has 0 saturated carbocycles. The number of halogens is 1. The first-order chi connectivity index (χ1) is 16.6. The van der Waals surface area contributed by atoms with E-state index >= 15 is 0 Å². The van der Waals surface area contributed by atoms with Gasteiger partial charge in [-0.1, -0.05) is 46.3 Å². The average Bonchev–Trinajstić information content (AvgIpc) is 3.04. The molecule has 5 rings (SSSR count). The number of carbonyl (C=O) groups excluding carboxylic acids is 1. The predicted octanol–water partition coefficient (Wildman–Crippen LogP) is 1.51. The van der Waals surface area contributed by atoms with Crippen molar-refractivity contribution in [1.29, 1.82) is 0 Å². The van der Waals surface area contributed by atoms with Crippen molar-refractivity contribution in [2.75, 3.05) is 10.2 Å². The molecule has 11 nitrogen and oxygen atoms in total. The zero-order valence-electron chi connectivity index (χ0n) is 18.6. The zero-order valence-corrected chi connectivity index (χ0v) is 20.2. The fraction of sp³-hybridized carbons (Fsp3) is 0.174. The smallest absolute Gasteiger partial charge is 0.332 e. The van der Waals surface area contributed by atoms with Crippen molar-refractivity contribution in [3.63, 3.8) is 0 Å². The van der Waals surface area contributed by atoms with Gasteiger partial charge in [0.1, 0.15) is 5.82 Å². The number of hydrogen-bond acceptors (Lipinski definition) is 7. The van der Waals surface area contributed by atoms with Crippen LogP contribution >= 0.6 is 15.9 Å². The molecule has 0 aliphatic carbocycles. The maximum absolute atomic E-state index is 14.4. The molecule has 0 bridgehead atoms. The van der Waals surface area contributed by atoms with Gasteiger partial charge in [0.2, 0.25) is 5.41 Å². The number of nitrogens with one attached hydrogen (secondary N) is 1. The third kappa shape index (κ3) is 2.92. The normalized spacial score (nSPS) is 18.5. The molecule has 0 fully saturated rings. The summed E-state index contributed by atoms with van der Waals surface area (Å²) in [4.78, 5) is 53.7. The fourth-order valence-corrected chi connectivity index (χ4v) is 5.30. The second-order valence-corrected chi connectivity index (χ2v) is 9.28. The minimum absolute atomic E-state index is 0.0676. The van der Waals surface area contributed by atoms with Gasteiger partial charge in [0.05, 0.1) is 17.0 Å². The van der Waals surface area contributed by atoms with Crippen molar-refractivity contribution in [1.82, 2.24) is 9.13 Å². The quantitative estimate of drug-likeness (QED) is 0.379. The minimum Gasteiger partial charge on any atom is -0.380 e. The third-order valence-corrected chi connectivity index (χ3v) is 6.98. The lowest BCUT2D eigenvalue weighted by Crippen LogP contribution is -2.55. The SMILES string of the molecule is Cn1c2c(c(=O)n(C)c1=O)[C@]1(C(=O)N(Cc3ccccc3)c3ccc(Br)cc31)C([N+](=O)[O-])=C(N)N2. The fourth-order valence-electron chi connectivity index (χ4n) is 4.94. The van der Waals surface area contributed by atoms with Gasteiger partial charge >= 0.3 is 11.4 Å². The van der Waals surface area contributed by atoms with Gasteiger partial charge in [0, 0.05) is 29.8 Å². The first-order valence-electron chi connectivity index (χ1n) is 10.5. The highest BCUT2D eigenvalue weighted by molar-refractivity contribution is 9.10. The molecule has 0 saturated heterocycles. The molecule has 178 valence electrons. The van der Waals surface area contributed by atoms with Crippen molar-refractivity contribution in [2.45, 2.75) is 12.0 Å². The van der Waals surface area contributed by atoms with Crippen LogP contribution in [0, 0.1) is 10.1 Å². The number of nitrogens with zero attached hydrogens (tertiary/aromatic N) is 4. The number of hydrogen-bond donors (Lipinski definition) is 2. The second-order valence-electron chi connectivity index (χ2n) is 8.36. The Balaban J connectivity index is 1.94. The van der Waals surface area contributed by atoms with Crippen molar-refractivity contribution in [3.05, 3.63) is 112 Å². The summed E-state index contributed by atoms with van der Waals surface area (Å²) in [5, 5.41) is 15.1. The Labute approximate surface area is 206 Å². The van der Waals surface area contributed by atoms with Crippen molar-refractivity contribution >= 4 is 33.3 Å². The predicted molar refractivity (Wildman–Crippen MR) is 131 cm³/mol. The number of rotatable bonds is 3. The van der Waals surface area contributed by atoms with E-state index in [1.807, 2.05) is 30.3 Å². The Bertz CT molecular complexity index is 1590. The molecule has 0 radical (unpaired) electrons. The highest BCUT2D eigenvalue weighted by Crippen LogP contribution is 2.54. The minimum atomic E-state index is -2.18. The number of nitrogens with two attached hydrogens (primary N) is 1. The van der Waals surface area contributed by atoms with E-state index in [9.17, 15) is 24.5 Å². The van der Waals surface area contributed by atoms with Crippen LogP contribution in [0.1, 0.15) is 16.7 Å². The maximum atomic E-state index is 14.4. The molecule has 1 atom stereocenters. The Kier molecular flexibility index (Phi) is 4.95. The van der Waals surface area contributed by atoms with Gasteiger partial charge in [-0.05, 0) is 23.8 Å². The van der Waals surface area contributed by atoms with E-state index < -0.39 is 39.0 Å². The summed E-state index contributed by atoms with van der Waals surface area (Å²) in [5.41, 5.74) is 2.96. The van der Waals surface area contributed by atoms with Gasteiger partial charge in [0.25, 0.3) is 11.5 Å². The summed E-state index contributed by atoms with van der Waals surface area (Å²) in [5.74, 6) is -1.20. The summed E-state index contributed by atoms with van der Waals surface area (Å²) in [7, 11) is 2.66. The first kappa shape index (κ1) is 22.6. The van der Waals surface area contributed by atoms with Crippen LogP contribution in [0.4, 0.5) is 11.5 Å². The summed E-state index contributed by atoms with van der Waals surface area (Å²) in [6, 6.07) is 14.1. The molecule has 0 unspecified atom stereocenters. The van der Waals surface area contributed by atoms with Crippen LogP contribution in [0.5, 0.6) is 0 Å². The van der Waals surface area contributed by atoms with Gasteiger partial charge in [-0.15, -0.1) is 0 Å². The molecule has 1 amide bonds. The Morgan fingerprint density at radius 3 is 2.43 bits per heavy atom. The Morgan fingerprint density at radius 2 is 1.77 bits per heavy atom. The average molecular weight is 539 g/mol. The van der Waals surface area contributed by atoms with Crippen molar-refractivity contribution in [3.8, 4) is 0 Å². The zero-order chi connectivity index (χ0) is 25.2. The second kappa shape index (κ2) is 7.67. The largest absolute Gasteiger partial charge is 0.380 e. The highest BCUT2D eigenvalue weighted by Gasteiger charge is 2.65. The summed E-state index contributed by atoms with van der Waals surface area (Å²) in [6.45, 7) is 0.107. The lowest BCUT2D eigenvalue weighted by molar-refractivity contribution is -0.433. The van der Waals surface area contributed by atoms with E-state index in [-0.39, 0.29) is 23.5 Å². The van der Waals surface area contributed by atoms with Crippen LogP contribution in [0.2, 0.25) is 0 Å². The summed E-state index contributed by atoms with van der Waals surface area (Å²) in [6.07, 6.45) is 0. The van der Waals surface area contributed by atoms with Gasteiger partial charge in [-0.2, -0.15) is 0 Å².